The number of rotatable bonds is 11. The highest BCUT2D eigenvalue weighted by molar-refractivity contribution is 5.78. The van der Waals surface area contributed by atoms with Crippen LogP contribution in [0.3, 0.4) is 0 Å². The lowest BCUT2D eigenvalue weighted by atomic mass is 10.2. The normalized spacial score (nSPS) is 14.0. The minimum atomic E-state index is 0.0240. The number of hydrogen-bond donors (Lipinski definition) is 2. The van der Waals surface area contributed by atoms with Gasteiger partial charge in [-0.05, 0) is 31.4 Å². The van der Waals surface area contributed by atoms with E-state index in [4.69, 9.17) is 0 Å². The van der Waals surface area contributed by atoms with Crippen LogP contribution in [0, 0.1) is 0 Å². The summed E-state index contributed by atoms with van der Waals surface area (Å²) in [5, 5.41) is 19.0. The zero-order valence-electron chi connectivity index (χ0n) is 16.5. The number of unbranched alkanes of at least 4 members (excludes halogenated alkanes) is 1. The quantitative estimate of drug-likeness (QED) is 0.565. The van der Waals surface area contributed by atoms with Crippen molar-refractivity contribution in [2.75, 3.05) is 31.5 Å². The summed E-state index contributed by atoms with van der Waals surface area (Å²) < 4.78 is 1.69. The van der Waals surface area contributed by atoms with Gasteiger partial charge in [-0.15, -0.1) is 15.3 Å². The van der Waals surface area contributed by atoms with Gasteiger partial charge in [-0.3, -0.25) is 9.59 Å². The van der Waals surface area contributed by atoms with Gasteiger partial charge in [0.1, 0.15) is 5.82 Å². The Hall–Kier alpha value is -2.71. The Bertz CT molecular complexity index is 805. The Balaban J connectivity index is 1.49. The Morgan fingerprint density at radius 3 is 2.89 bits per heavy atom. The molecule has 0 radical (unpaired) electrons. The second-order valence-corrected chi connectivity index (χ2v) is 7.07. The van der Waals surface area contributed by atoms with Crippen LogP contribution in [-0.2, 0) is 16.0 Å². The molecule has 0 unspecified atom stereocenters. The maximum absolute atomic E-state index is 11.9. The number of aromatic nitrogens is 4. The molecule has 1 fully saturated rings. The number of aryl methyl sites for hydroxylation is 1. The summed E-state index contributed by atoms with van der Waals surface area (Å²) in [7, 11) is 0. The molecule has 0 aromatic carbocycles. The van der Waals surface area contributed by atoms with Crippen LogP contribution >= 0.6 is 0 Å². The van der Waals surface area contributed by atoms with E-state index in [0.29, 0.717) is 37.3 Å². The van der Waals surface area contributed by atoms with Crippen molar-refractivity contribution < 1.29 is 9.59 Å². The zero-order valence-corrected chi connectivity index (χ0v) is 16.5. The molecule has 1 aliphatic heterocycles. The maximum atomic E-state index is 11.9. The fraction of sp³-hybridized carbons (Fsp3) is 0.632. The lowest BCUT2D eigenvalue weighted by molar-refractivity contribution is -0.127. The largest absolute Gasteiger partial charge is 0.369 e. The predicted molar refractivity (Wildman–Crippen MR) is 106 cm³/mol. The van der Waals surface area contributed by atoms with Gasteiger partial charge in [0, 0.05) is 45.4 Å². The van der Waals surface area contributed by atoms with E-state index < -0.39 is 0 Å². The number of nitrogens with zero attached hydrogens (tertiary/aromatic N) is 5. The minimum absolute atomic E-state index is 0.0240. The number of hydrogen-bond acceptors (Lipinski definition) is 6. The molecule has 28 heavy (non-hydrogen) atoms. The summed E-state index contributed by atoms with van der Waals surface area (Å²) in [6.07, 6.45) is 5.43. The van der Waals surface area contributed by atoms with E-state index in [-0.39, 0.29) is 11.8 Å². The van der Waals surface area contributed by atoms with E-state index in [1.165, 1.54) is 0 Å². The van der Waals surface area contributed by atoms with Crippen LogP contribution in [0.1, 0.15) is 51.3 Å². The van der Waals surface area contributed by atoms with Gasteiger partial charge in [0.2, 0.25) is 11.8 Å². The third-order valence-corrected chi connectivity index (χ3v) is 4.84. The summed E-state index contributed by atoms with van der Waals surface area (Å²) in [6.45, 7) is 5.20. The fourth-order valence-electron chi connectivity index (χ4n) is 3.23. The van der Waals surface area contributed by atoms with Gasteiger partial charge >= 0.3 is 0 Å². The summed E-state index contributed by atoms with van der Waals surface area (Å²) in [5.74, 6) is 1.68. The molecule has 3 heterocycles. The summed E-state index contributed by atoms with van der Waals surface area (Å²) in [5.41, 5.74) is 0.662. The molecular weight excluding hydrogens is 358 g/mol. The number of nitrogens with one attached hydrogen (secondary N) is 2. The first-order chi connectivity index (χ1) is 13.7. The third-order valence-electron chi connectivity index (χ3n) is 4.84. The molecule has 2 amide bonds. The van der Waals surface area contributed by atoms with E-state index in [9.17, 15) is 9.59 Å². The number of fused-ring (bicyclic) bond motifs is 1. The van der Waals surface area contributed by atoms with Crippen LogP contribution in [0.4, 0.5) is 5.82 Å². The van der Waals surface area contributed by atoms with Gasteiger partial charge < -0.3 is 15.5 Å². The van der Waals surface area contributed by atoms with Crippen molar-refractivity contribution in [1.82, 2.24) is 30.0 Å². The molecule has 0 bridgehead atoms. The molecule has 1 saturated heterocycles. The molecule has 1 aliphatic rings. The van der Waals surface area contributed by atoms with E-state index in [1.54, 1.807) is 4.52 Å². The summed E-state index contributed by atoms with van der Waals surface area (Å²) >= 11 is 0. The van der Waals surface area contributed by atoms with Gasteiger partial charge in [0.05, 0.1) is 0 Å². The number of likely N-dealkylation sites (tertiary alicyclic amines) is 1. The maximum Gasteiger partial charge on any atom is 0.222 e. The highest BCUT2D eigenvalue weighted by Gasteiger charge is 2.19. The topological polar surface area (TPSA) is 105 Å². The molecule has 3 rings (SSSR count). The van der Waals surface area contributed by atoms with Crippen LogP contribution < -0.4 is 10.6 Å². The molecule has 0 saturated carbocycles. The molecule has 152 valence electrons. The van der Waals surface area contributed by atoms with Gasteiger partial charge in [0.15, 0.2) is 11.5 Å². The summed E-state index contributed by atoms with van der Waals surface area (Å²) in [4.78, 5) is 25.4. The highest BCUT2D eigenvalue weighted by Crippen LogP contribution is 2.11. The Kier molecular flexibility index (Phi) is 7.16. The van der Waals surface area contributed by atoms with Crippen LogP contribution in [0.2, 0.25) is 0 Å². The highest BCUT2D eigenvalue weighted by atomic mass is 16.2. The molecule has 2 aromatic rings. The first-order valence-corrected chi connectivity index (χ1v) is 10.2. The average molecular weight is 387 g/mol. The van der Waals surface area contributed by atoms with Gasteiger partial charge in [0.25, 0.3) is 0 Å². The van der Waals surface area contributed by atoms with Crippen LogP contribution in [0.25, 0.3) is 5.65 Å². The van der Waals surface area contributed by atoms with E-state index >= 15 is 0 Å². The second kappa shape index (κ2) is 10.0. The summed E-state index contributed by atoms with van der Waals surface area (Å²) in [6, 6.07) is 3.73. The van der Waals surface area contributed by atoms with Crippen molar-refractivity contribution in [2.24, 2.45) is 0 Å². The second-order valence-electron chi connectivity index (χ2n) is 7.07. The molecular formula is C19H29N7O2. The van der Waals surface area contributed by atoms with E-state index in [2.05, 4.69) is 32.9 Å². The zero-order chi connectivity index (χ0) is 19.8. The van der Waals surface area contributed by atoms with Crippen LogP contribution in [0.15, 0.2) is 12.1 Å². The molecule has 9 heteroatoms. The first kappa shape index (κ1) is 20.0. The molecule has 2 N–H and O–H groups in total. The standard InChI is InChI=1S/C19H29N7O2/c1-2-3-11-21-18(27)10-9-17-23-22-16-8-7-15(24-26(16)17)20-12-5-14-25-13-4-6-19(25)28/h7-8H,2-6,9-14H2,1H3,(H,20,24)(H,21,27). The van der Waals surface area contributed by atoms with Crippen molar-refractivity contribution in [3.63, 3.8) is 0 Å². The molecule has 2 aromatic heterocycles. The van der Waals surface area contributed by atoms with Gasteiger partial charge in [-0.25, -0.2) is 0 Å². The minimum Gasteiger partial charge on any atom is -0.369 e. The number of anilines is 1. The number of carbonyl (C=O) groups excluding carboxylic acids is 2. The smallest absolute Gasteiger partial charge is 0.222 e. The van der Waals surface area contributed by atoms with Crippen molar-refractivity contribution in [2.45, 2.75) is 51.9 Å². The van der Waals surface area contributed by atoms with E-state index in [1.807, 2.05) is 17.0 Å². The monoisotopic (exact) mass is 387 g/mol. The van der Waals surface area contributed by atoms with E-state index in [0.717, 1.165) is 51.1 Å². The molecule has 0 atom stereocenters. The predicted octanol–water partition coefficient (Wildman–Crippen LogP) is 1.40. The van der Waals surface area contributed by atoms with Gasteiger partial charge in [-0.2, -0.15) is 4.52 Å². The third kappa shape index (κ3) is 5.40. The lowest BCUT2D eigenvalue weighted by Crippen LogP contribution is -2.27. The van der Waals surface area contributed by atoms with Crippen molar-refractivity contribution in [3.8, 4) is 0 Å². The average Bonchev–Trinajstić information content (AvgIpc) is 3.29. The van der Waals surface area contributed by atoms with Crippen molar-refractivity contribution in [3.05, 3.63) is 18.0 Å². The van der Waals surface area contributed by atoms with Crippen molar-refractivity contribution in [1.29, 1.82) is 0 Å². The SMILES string of the molecule is CCCCNC(=O)CCc1nnc2ccc(NCCCN3CCCC3=O)nn12. The Morgan fingerprint density at radius 2 is 2.11 bits per heavy atom. The fourth-order valence-corrected chi connectivity index (χ4v) is 3.23. The Labute approximate surface area is 164 Å². The molecule has 0 aliphatic carbocycles. The first-order valence-electron chi connectivity index (χ1n) is 10.2. The number of amides is 2. The molecule has 0 spiro atoms. The van der Waals surface area contributed by atoms with Crippen LogP contribution in [0.5, 0.6) is 0 Å². The van der Waals surface area contributed by atoms with Crippen molar-refractivity contribution >= 4 is 23.3 Å². The lowest BCUT2D eigenvalue weighted by Gasteiger charge is -2.15. The molecule has 9 nitrogen and oxygen atoms in total. The van der Waals surface area contributed by atoms with Crippen LogP contribution in [-0.4, -0.2) is 62.7 Å². The number of carbonyl (C=O) groups is 2. The Morgan fingerprint density at radius 1 is 1.21 bits per heavy atom. The van der Waals surface area contributed by atoms with Gasteiger partial charge in [-0.1, -0.05) is 13.3 Å².